The zero-order valence-corrected chi connectivity index (χ0v) is 30.1. The first-order chi connectivity index (χ1) is 34.9. The molecular formula is C51H31N5S. The Bertz CT molecular complexity index is 4120. The molecule has 0 aliphatic heterocycles. The van der Waals surface area contributed by atoms with Gasteiger partial charge >= 0.3 is 0 Å². The molecule has 5 nitrogen and oxygen atoms in total. The van der Waals surface area contributed by atoms with E-state index in [9.17, 15) is 0 Å². The lowest BCUT2D eigenvalue weighted by Gasteiger charge is -2.13. The summed E-state index contributed by atoms with van der Waals surface area (Å²) in [6.07, 6.45) is 0. The zero-order valence-electron chi connectivity index (χ0n) is 45.3. The Kier molecular flexibility index (Phi) is 4.40. The second kappa shape index (κ2) is 12.6. The molecule has 6 heteroatoms. The van der Waals surface area contributed by atoms with E-state index in [1.54, 1.807) is 23.5 Å². The van der Waals surface area contributed by atoms with Crippen LogP contribution >= 0.6 is 11.3 Å². The summed E-state index contributed by atoms with van der Waals surface area (Å²) in [5.41, 5.74) is 2.87. The quantitative estimate of drug-likeness (QED) is 0.175. The molecule has 0 aliphatic rings. The van der Waals surface area contributed by atoms with Gasteiger partial charge in [0.2, 0.25) is 11.9 Å². The van der Waals surface area contributed by atoms with Gasteiger partial charge in [-0.15, -0.1) is 11.3 Å². The van der Waals surface area contributed by atoms with Gasteiger partial charge in [0.1, 0.15) is 0 Å². The normalized spacial score (nSPS) is 15.8. The number of para-hydroxylation sites is 4. The number of hydrogen-bond donors (Lipinski definition) is 0. The largest absolute Gasteiger partial charge is 0.278 e. The average molecular weight is 762 g/mol. The van der Waals surface area contributed by atoms with Gasteiger partial charge in [0.25, 0.3) is 0 Å². The smallest absolute Gasteiger partial charge is 0.240 e. The molecule has 0 atom stereocenters. The standard InChI is InChI=1S/C51H31N5S/c1-6-19-43-37(12-1)38-13-2-7-20-44(38)55(43)50-52-49(53-51(54-50)56-45-21-8-3-14-39(45)40-15-4-9-22-46(40)56)35-30-26-33(27-31-35)32-24-28-34(29-25-32)36-17-11-18-42-41-16-5-10-23-47(41)57-48(36)42/h1-31H/i1D,2D,3D,4D,6D,7D,8D,9D,12D,13D,14D,15D,19D,20D,21D,22D. The molecule has 0 bridgehead atoms. The lowest BCUT2D eigenvalue weighted by Crippen LogP contribution is -2.10. The van der Waals surface area contributed by atoms with Crippen molar-refractivity contribution >= 4 is 75.1 Å². The lowest BCUT2D eigenvalue weighted by molar-refractivity contribution is 0.893. The van der Waals surface area contributed by atoms with Crippen molar-refractivity contribution in [3.63, 3.8) is 0 Å². The Morgan fingerprint density at radius 3 is 1.35 bits per heavy atom. The topological polar surface area (TPSA) is 48.5 Å². The Labute approximate surface area is 353 Å². The first kappa shape index (κ1) is 20.0. The molecule has 0 fully saturated rings. The third-order valence-corrected chi connectivity index (χ3v) is 11.4. The minimum Gasteiger partial charge on any atom is -0.278 e. The van der Waals surface area contributed by atoms with Crippen LogP contribution in [0.3, 0.4) is 0 Å². The minimum atomic E-state index is -0.693. The number of aromatic nitrogens is 5. The van der Waals surface area contributed by atoms with Crippen molar-refractivity contribution in [2.45, 2.75) is 0 Å². The Morgan fingerprint density at radius 1 is 0.386 bits per heavy atom. The van der Waals surface area contributed by atoms with E-state index in [0.717, 1.165) is 31.4 Å². The Balaban J connectivity index is 1.12. The summed E-state index contributed by atoms with van der Waals surface area (Å²) >= 11 is 1.74. The Hall–Kier alpha value is -7.41. The molecule has 4 heterocycles. The van der Waals surface area contributed by atoms with Crippen LogP contribution in [-0.2, 0) is 0 Å². The predicted octanol–water partition coefficient (Wildman–Crippen LogP) is 13.4. The van der Waals surface area contributed by atoms with Crippen molar-refractivity contribution in [1.82, 2.24) is 24.1 Å². The molecule has 57 heavy (non-hydrogen) atoms. The highest BCUT2D eigenvalue weighted by Crippen LogP contribution is 2.40. The van der Waals surface area contributed by atoms with Crippen molar-refractivity contribution in [2.24, 2.45) is 0 Å². The maximum absolute atomic E-state index is 9.17. The summed E-state index contributed by atoms with van der Waals surface area (Å²) in [6, 6.07) is 19.4. The van der Waals surface area contributed by atoms with E-state index in [2.05, 4.69) is 42.5 Å². The molecule has 0 saturated heterocycles. The lowest BCUT2D eigenvalue weighted by atomic mass is 9.98. The van der Waals surface area contributed by atoms with Crippen LogP contribution in [-0.4, -0.2) is 24.1 Å². The fourth-order valence-corrected chi connectivity index (χ4v) is 8.79. The van der Waals surface area contributed by atoms with Crippen molar-refractivity contribution < 1.29 is 21.9 Å². The Morgan fingerprint density at radius 2 is 0.825 bits per heavy atom. The number of benzene rings is 8. The van der Waals surface area contributed by atoms with Crippen LogP contribution in [0.25, 0.3) is 109 Å². The van der Waals surface area contributed by atoms with Crippen molar-refractivity contribution in [3.05, 3.63) is 188 Å². The van der Waals surface area contributed by atoms with Crippen LogP contribution in [0, 0.1) is 0 Å². The number of hydrogen-bond acceptors (Lipinski definition) is 4. The van der Waals surface area contributed by atoms with Crippen LogP contribution < -0.4 is 0 Å². The van der Waals surface area contributed by atoms with Crippen LogP contribution in [0.4, 0.5) is 0 Å². The average Bonchev–Trinajstić information content (AvgIpc) is 4.10. The maximum atomic E-state index is 9.17. The van der Waals surface area contributed by atoms with E-state index in [1.165, 1.54) is 20.2 Å². The summed E-state index contributed by atoms with van der Waals surface area (Å²) in [4.78, 5) is 14.4. The summed E-state index contributed by atoms with van der Waals surface area (Å²) < 4.78 is 146. The minimum absolute atomic E-state index is 0.133. The highest BCUT2D eigenvalue weighted by atomic mass is 32.1. The highest BCUT2D eigenvalue weighted by Gasteiger charge is 2.20. The van der Waals surface area contributed by atoms with E-state index in [0.29, 0.717) is 5.56 Å². The first-order valence-corrected chi connectivity index (χ1v) is 18.6. The predicted molar refractivity (Wildman–Crippen MR) is 238 cm³/mol. The summed E-state index contributed by atoms with van der Waals surface area (Å²) in [7, 11) is 0. The van der Waals surface area contributed by atoms with Gasteiger partial charge in [-0.2, -0.15) is 15.0 Å². The third-order valence-electron chi connectivity index (χ3n) is 10.2. The van der Waals surface area contributed by atoms with Gasteiger partial charge in [-0.05, 0) is 52.5 Å². The van der Waals surface area contributed by atoms with E-state index in [1.807, 2.05) is 36.4 Å². The fraction of sp³-hybridized carbons (Fsp3) is 0. The van der Waals surface area contributed by atoms with Gasteiger partial charge in [0.15, 0.2) is 5.82 Å². The number of rotatable bonds is 5. The van der Waals surface area contributed by atoms with E-state index >= 15 is 0 Å². The molecule has 8 aromatic carbocycles. The molecule has 12 rings (SSSR count). The highest BCUT2D eigenvalue weighted by molar-refractivity contribution is 7.26. The first-order valence-electron chi connectivity index (χ1n) is 25.8. The van der Waals surface area contributed by atoms with Gasteiger partial charge in [-0.3, -0.25) is 9.13 Å². The second-order valence-corrected chi connectivity index (χ2v) is 14.3. The SMILES string of the molecule is [2H]c1c([2H])c([2H])c2c(c1[2H])c1c([2H])c([2H])c([2H])c([2H])c1n2-c1nc(-c2ccc(-c3ccc(-c4cccc5c4sc4ccccc45)cc3)cc2)nc(-n2c3c([2H])c([2H])c([2H])c([2H])c3c3c([2H])c([2H])c([2H])c([2H])c32)n1. The summed E-state index contributed by atoms with van der Waals surface area (Å²) in [6.45, 7) is 0. The van der Waals surface area contributed by atoms with E-state index in [-0.39, 0.29) is 49.4 Å². The third kappa shape index (κ3) is 4.98. The molecule has 0 amide bonds. The number of fused-ring (bicyclic) bond motifs is 9. The van der Waals surface area contributed by atoms with Crippen molar-refractivity contribution in [1.29, 1.82) is 0 Å². The molecule has 0 saturated carbocycles. The number of nitrogens with zero attached hydrogens (tertiary/aromatic N) is 5. The molecule has 12 aromatic rings. The number of thiophene rings is 1. The molecule has 0 N–H and O–H groups in total. The fourth-order valence-electron chi connectivity index (χ4n) is 7.55. The van der Waals surface area contributed by atoms with E-state index in [4.69, 9.17) is 36.9 Å². The molecule has 0 aliphatic carbocycles. The maximum Gasteiger partial charge on any atom is 0.240 e. The van der Waals surface area contributed by atoms with Gasteiger partial charge < -0.3 is 0 Å². The van der Waals surface area contributed by atoms with Gasteiger partial charge in [-0.25, -0.2) is 0 Å². The van der Waals surface area contributed by atoms with Crippen LogP contribution in [0.15, 0.2) is 188 Å². The molecule has 4 aromatic heterocycles. The molecule has 0 radical (unpaired) electrons. The van der Waals surface area contributed by atoms with Crippen molar-refractivity contribution in [2.75, 3.05) is 0 Å². The van der Waals surface area contributed by atoms with Crippen LogP contribution in [0.2, 0.25) is 0 Å². The van der Waals surface area contributed by atoms with Crippen LogP contribution in [0.1, 0.15) is 21.9 Å². The summed E-state index contributed by atoms with van der Waals surface area (Å²) in [5, 5.41) is 1.35. The van der Waals surface area contributed by atoms with Crippen LogP contribution in [0.5, 0.6) is 0 Å². The molecule has 0 spiro atoms. The summed E-state index contributed by atoms with van der Waals surface area (Å²) in [5.74, 6) is -1.05. The van der Waals surface area contributed by atoms with E-state index < -0.39 is 109 Å². The molecule has 266 valence electrons. The van der Waals surface area contributed by atoms with Gasteiger partial charge in [0, 0.05) is 47.3 Å². The molecular weight excluding hydrogens is 715 g/mol. The monoisotopic (exact) mass is 761 g/mol. The van der Waals surface area contributed by atoms with Crippen molar-refractivity contribution in [3.8, 4) is 45.5 Å². The van der Waals surface area contributed by atoms with Gasteiger partial charge in [0.05, 0.1) is 44.0 Å². The zero-order chi connectivity index (χ0) is 51.4. The second-order valence-electron chi connectivity index (χ2n) is 13.3. The molecule has 0 unspecified atom stereocenters. The van der Waals surface area contributed by atoms with Gasteiger partial charge in [-0.1, -0.05) is 157 Å².